The topological polar surface area (TPSA) is 41.4 Å². The molecule has 0 aliphatic carbocycles. The summed E-state index contributed by atoms with van der Waals surface area (Å²) in [6, 6.07) is 9.88. The fourth-order valence-electron chi connectivity index (χ4n) is 1.82. The number of hydrazone groups is 1. The van der Waals surface area contributed by atoms with Gasteiger partial charge in [0.05, 0.1) is 11.9 Å². The van der Waals surface area contributed by atoms with Gasteiger partial charge in [0, 0.05) is 23.5 Å². The van der Waals surface area contributed by atoms with Crippen molar-refractivity contribution in [3.05, 3.63) is 52.8 Å². The molecular formula is C15H17ClN4S. The normalized spacial score (nSPS) is 10.8. The van der Waals surface area contributed by atoms with Gasteiger partial charge < -0.3 is 9.88 Å². The van der Waals surface area contributed by atoms with Crippen molar-refractivity contribution in [2.24, 2.45) is 5.10 Å². The van der Waals surface area contributed by atoms with Crippen molar-refractivity contribution in [1.82, 2.24) is 15.3 Å². The van der Waals surface area contributed by atoms with Crippen molar-refractivity contribution >= 4 is 35.1 Å². The van der Waals surface area contributed by atoms with Crippen LogP contribution in [0.25, 0.3) is 5.69 Å². The lowest BCUT2D eigenvalue weighted by molar-refractivity contribution is 0.902. The smallest absolute Gasteiger partial charge is 0.186 e. The number of aryl methyl sites for hydroxylation is 1. The van der Waals surface area contributed by atoms with Crippen LogP contribution in [0.4, 0.5) is 0 Å². The highest BCUT2D eigenvalue weighted by Crippen LogP contribution is 2.20. The van der Waals surface area contributed by atoms with Crippen LogP contribution in [0, 0.1) is 6.92 Å². The van der Waals surface area contributed by atoms with Crippen LogP contribution in [-0.2, 0) is 0 Å². The van der Waals surface area contributed by atoms with Gasteiger partial charge in [0.1, 0.15) is 0 Å². The molecule has 4 nitrogen and oxygen atoms in total. The molecule has 0 amide bonds. The monoisotopic (exact) mass is 320 g/mol. The SMILES string of the molecule is CCNC(=S)N/N=C\c1cccn1-c1ccc(C)c(Cl)c1. The second-order valence-corrected chi connectivity index (χ2v) is 5.28. The highest BCUT2D eigenvalue weighted by atomic mass is 35.5. The molecule has 1 aromatic carbocycles. The molecule has 0 atom stereocenters. The molecule has 2 aromatic rings. The number of halogens is 1. The van der Waals surface area contributed by atoms with Crippen LogP contribution < -0.4 is 10.7 Å². The molecule has 0 saturated carbocycles. The average Bonchev–Trinajstić information content (AvgIpc) is 2.91. The van der Waals surface area contributed by atoms with E-state index in [1.54, 1.807) is 6.21 Å². The summed E-state index contributed by atoms with van der Waals surface area (Å²) in [5, 5.41) is 8.34. The van der Waals surface area contributed by atoms with Gasteiger partial charge in [-0.2, -0.15) is 5.10 Å². The Balaban J connectivity index is 2.16. The molecule has 0 aliphatic heterocycles. The molecule has 0 aliphatic rings. The van der Waals surface area contributed by atoms with Gasteiger partial charge in [-0.1, -0.05) is 17.7 Å². The summed E-state index contributed by atoms with van der Waals surface area (Å²) < 4.78 is 2.01. The van der Waals surface area contributed by atoms with Crippen molar-refractivity contribution in [2.75, 3.05) is 6.54 Å². The van der Waals surface area contributed by atoms with Gasteiger partial charge in [-0.15, -0.1) is 0 Å². The zero-order chi connectivity index (χ0) is 15.2. The zero-order valence-electron chi connectivity index (χ0n) is 11.9. The third kappa shape index (κ3) is 4.06. The first kappa shape index (κ1) is 15.5. The molecule has 6 heteroatoms. The number of aromatic nitrogens is 1. The van der Waals surface area contributed by atoms with E-state index in [0.29, 0.717) is 5.11 Å². The molecule has 21 heavy (non-hydrogen) atoms. The van der Waals surface area contributed by atoms with Crippen LogP contribution in [0.1, 0.15) is 18.2 Å². The molecule has 0 bridgehead atoms. The third-order valence-electron chi connectivity index (χ3n) is 2.91. The number of benzene rings is 1. The molecule has 1 heterocycles. The standard InChI is InChI=1S/C15H17ClN4S/c1-3-17-15(21)19-18-10-13-5-4-8-20(13)12-7-6-11(2)14(16)9-12/h4-10H,3H2,1-2H3,(H2,17,19,21)/b18-10-. The number of rotatable bonds is 4. The van der Waals surface area contributed by atoms with Crippen LogP contribution >= 0.6 is 23.8 Å². The Morgan fingerprint density at radius 2 is 2.24 bits per heavy atom. The van der Waals surface area contributed by atoms with Crippen LogP contribution in [-0.4, -0.2) is 22.4 Å². The molecule has 1 aromatic heterocycles. The van der Waals surface area contributed by atoms with Gasteiger partial charge in [-0.3, -0.25) is 5.43 Å². The van der Waals surface area contributed by atoms with Crippen molar-refractivity contribution in [3.63, 3.8) is 0 Å². The number of nitrogens with one attached hydrogen (secondary N) is 2. The average molecular weight is 321 g/mol. The van der Waals surface area contributed by atoms with E-state index in [0.717, 1.165) is 28.5 Å². The van der Waals surface area contributed by atoms with Gasteiger partial charge in [-0.25, -0.2) is 0 Å². The molecule has 2 N–H and O–H groups in total. The summed E-state index contributed by atoms with van der Waals surface area (Å²) in [5.74, 6) is 0. The van der Waals surface area contributed by atoms with Crippen LogP contribution in [0.3, 0.4) is 0 Å². The van der Waals surface area contributed by atoms with E-state index >= 15 is 0 Å². The lowest BCUT2D eigenvalue weighted by Crippen LogP contribution is -2.31. The Labute approximate surface area is 134 Å². The first-order valence-electron chi connectivity index (χ1n) is 6.62. The molecule has 0 saturated heterocycles. The van der Waals surface area contributed by atoms with E-state index in [2.05, 4.69) is 15.8 Å². The molecule has 0 spiro atoms. The number of hydrogen-bond acceptors (Lipinski definition) is 2. The van der Waals surface area contributed by atoms with Gasteiger partial charge >= 0.3 is 0 Å². The van der Waals surface area contributed by atoms with Crippen molar-refractivity contribution < 1.29 is 0 Å². The van der Waals surface area contributed by atoms with E-state index in [4.69, 9.17) is 23.8 Å². The summed E-state index contributed by atoms with van der Waals surface area (Å²) >= 11 is 11.2. The Morgan fingerprint density at radius 3 is 2.95 bits per heavy atom. The van der Waals surface area contributed by atoms with Crippen LogP contribution in [0.5, 0.6) is 0 Å². The van der Waals surface area contributed by atoms with E-state index in [9.17, 15) is 0 Å². The fraction of sp³-hybridized carbons (Fsp3) is 0.200. The molecule has 0 radical (unpaired) electrons. The molecule has 110 valence electrons. The molecule has 0 unspecified atom stereocenters. The second-order valence-electron chi connectivity index (χ2n) is 4.47. The Kier molecular flexibility index (Phi) is 5.36. The predicted molar refractivity (Wildman–Crippen MR) is 92.5 cm³/mol. The zero-order valence-corrected chi connectivity index (χ0v) is 13.5. The minimum Gasteiger partial charge on any atom is -0.362 e. The van der Waals surface area contributed by atoms with Crippen molar-refractivity contribution in [1.29, 1.82) is 0 Å². The third-order valence-corrected chi connectivity index (χ3v) is 3.56. The highest BCUT2D eigenvalue weighted by molar-refractivity contribution is 7.80. The van der Waals surface area contributed by atoms with Crippen LogP contribution in [0.15, 0.2) is 41.6 Å². The first-order chi connectivity index (χ1) is 10.1. The lowest BCUT2D eigenvalue weighted by atomic mass is 10.2. The van der Waals surface area contributed by atoms with Gasteiger partial charge in [0.25, 0.3) is 0 Å². The molecule has 0 fully saturated rings. The van der Waals surface area contributed by atoms with Crippen molar-refractivity contribution in [3.8, 4) is 5.69 Å². The summed E-state index contributed by atoms with van der Waals surface area (Å²) in [6.07, 6.45) is 3.68. The van der Waals surface area contributed by atoms with Gasteiger partial charge in [0.2, 0.25) is 0 Å². The van der Waals surface area contributed by atoms with Gasteiger partial charge in [0.15, 0.2) is 5.11 Å². The highest BCUT2D eigenvalue weighted by Gasteiger charge is 2.03. The summed E-state index contributed by atoms with van der Waals surface area (Å²) in [5.41, 5.74) is 5.75. The minimum absolute atomic E-state index is 0.505. The maximum Gasteiger partial charge on any atom is 0.186 e. The fourth-order valence-corrected chi connectivity index (χ4v) is 2.19. The summed E-state index contributed by atoms with van der Waals surface area (Å²) in [6.45, 7) is 4.72. The second kappa shape index (κ2) is 7.24. The minimum atomic E-state index is 0.505. The summed E-state index contributed by atoms with van der Waals surface area (Å²) in [7, 11) is 0. The Bertz CT molecular complexity index is 663. The van der Waals surface area contributed by atoms with Crippen LogP contribution in [0.2, 0.25) is 5.02 Å². The van der Waals surface area contributed by atoms with E-state index in [1.807, 2.05) is 54.9 Å². The number of thiocarbonyl (C=S) groups is 1. The molecular weight excluding hydrogens is 304 g/mol. The quantitative estimate of drug-likeness (QED) is 0.516. The van der Waals surface area contributed by atoms with Gasteiger partial charge in [-0.05, 0) is 55.9 Å². The molecule has 2 rings (SSSR count). The predicted octanol–water partition coefficient (Wildman–Crippen LogP) is 3.26. The largest absolute Gasteiger partial charge is 0.362 e. The Hall–Kier alpha value is -1.85. The summed E-state index contributed by atoms with van der Waals surface area (Å²) in [4.78, 5) is 0. The van der Waals surface area contributed by atoms with Crippen molar-refractivity contribution in [2.45, 2.75) is 13.8 Å². The Morgan fingerprint density at radius 1 is 1.43 bits per heavy atom. The number of hydrogen-bond donors (Lipinski definition) is 2. The van der Waals surface area contributed by atoms with E-state index in [1.165, 1.54) is 0 Å². The number of nitrogens with zero attached hydrogens (tertiary/aromatic N) is 2. The van der Waals surface area contributed by atoms with E-state index < -0.39 is 0 Å². The first-order valence-corrected chi connectivity index (χ1v) is 7.41. The maximum atomic E-state index is 6.18. The lowest BCUT2D eigenvalue weighted by Gasteiger charge is -2.08. The van der Waals surface area contributed by atoms with E-state index in [-0.39, 0.29) is 0 Å². The maximum absolute atomic E-state index is 6.18.